The predicted molar refractivity (Wildman–Crippen MR) is 91.5 cm³/mol. The molecular formula is C18H27N3. The molecular weight excluding hydrogens is 258 g/mol. The molecule has 1 aliphatic heterocycles. The first kappa shape index (κ1) is 15.6. The summed E-state index contributed by atoms with van der Waals surface area (Å²) in [6.45, 7) is 5.23. The minimum absolute atomic E-state index is 0.942. The molecule has 21 heavy (non-hydrogen) atoms. The average Bonchev–Trinajstić information content (AvgIpc) is 2.56. The Balaban J connectivity index is 1.88. The second-order valence-corrected chi connectivity index (χ2v) is 5.47. The summed E-state index contributed by atoms with van der Waals surface area (Å²) in [4.78, 5) is 6.74. The number of benzene rings is 1. The van der Waals surface area contributed by atoms with E-state index in [9.17, 15) is 0 Å². The van der Waals surface area contributed by atoms with Crippen LogP contribution in [0.2, 0.25) is 0 Å². The van der Waals surface area contributed by atoms with Crippen molar-refractivity contribution in [3.8, 4) is 0 Å². The van der Waals surface area contributed by atoms with Gasteiger partial charge in [-0.15, -0.1) is 0 Å². The molecule has 1 heterocycles. The Morgan fingerprint density at radius 2 is 2.05 bits per heavy atom. The zero-order valence-electron chi connectivity index (χ0n) is 13.3. The Morgan fingerprint density at radius 3 is 2.67 bits per heavy atom. The van der Waals surface area contributed by atoms with Crippen molar-refractivity contribution >= 4 is 11.5 Å². The Labute approximate surface area is 128 Å². The van der Waals surface area contributed by atoms with Crippen LogP contribution in [0, 0.1) is 0 Å². The highest BCUT2D eigenvalue weighted by atomic mass is 15.3. The third-order valence-corrected chi connectivity index (χ3v) is 3.93. The van der Waals surface area contributed by atoms with E-state index < -0.39 is 0 Å². The fraction of sp³-hybridized carbons (Fsp3) is 0.500. The summed E-state index contributed by atoms with van der Waals surface area (Å²) in [6.07, 6.45) is 7.17. The van der Waals surface area contributed by atoms with Crippen LogP contribution in [0.1, 0.15) is 38.2 Å². The molecule has 0 bridgehead atoms. The van der Waals surface area contributed by atoms with Gasteiger partial charge in [-0.3, -0.25) is 4.99 Å². The van der Waals surface area contributed by atoms with Crippen molar-refractivity contribution in [3.63, 3.8) is 0 Å². The molecule has 0 amide bonds. The van der Waals surface area contributed by atoms with E-state index in [4.69, 9.17) is 0 Å². The van der Waals surface area contributed by atoms with Gasteiger partial charge < -0.3 is 10.2 Å². The lowest BCUT2D eigenvalue weighted by molar-refractivity contribution is 0.439. The van der Waals surface area contributed by atoms with E-state index in [0.29, 0.717) is 0 Å². The largest absolute Gasteiger partial charge is 0.356 e. The number of hydrogen-bond acceptors (Lipinski definition) is 1. The smallest absolute Gasteiger partial charge is 0.193 e. The van der Waals surface area contributed by atoms with E-state index in [1.807, 2.05) is 7.05 Å². The van der Waals surface area contributed by atoms with Gasteiger partial charge in [0.15, 0.2) is 5.96 Å². The fourth-order valence-electron chi connectivity index (χ4n) is 2.68. The van der Waals surface area contributed by atoms with Crippen molar-refractivity contribution in [2.75, 3.05) is 26.7 Å². The van der Waals surface area contributed by atoms with Gasteiger partial charge in [-0.25, -0.2) is 0 Å². The highest BCUT2D eigenvalue weighted by molar-refractivity contribution is 5.81. The second-order valence-electron chi connectivity index (χ2n) is 5.47. The Bertz CT molecular complexity index is 476. The van der Waals surface area contributed by atoms with Crippen molar-refractivity contribution < 1.29 is 0 Å². The zero-order chi connectivity index (χ0) is 14.9. The van der Waals surface area contributed by atoms with E-state index in [0.717, 1.165) is 32.0 Å². The van der Waals surface area contributed by atoms with E-state index >= 15 is 0 Å². The molecule has 0 unspecified atom stereocenters. The first-order chi connectivity index (χ1) is 10.3. The zero-order valence-corrected chi connectivity index (χ0v) is 13.3. The van der Waals surface area contributed by atoms with Crippen LogP contribution in [0.4, 0.5) is 0 Å². The van der Waals surface area contributed by atoms with Gasteiger partial charge in [0.25, 0.3) is 0 Å². The van der Waals surface area contributed by atoms with Crippen LogP contribution < -0.4 is 5.32 Å². The summed E-state index contributed by atoms with van der Waals surface area (Å²) in [6, 6.07) is 10.7. The van der Waals surface area contributed by atoms with Crippen LogP contribution in [-0.4, -0.2) is 37.5 Å². The van der Waals surface area contributed by atoms with Crippen molar-refractivity contribution in [1.29, 1.82) is 0 Å². The van der Waals surface area contributed by atoms with Gasteiger partial charge in [0.1, 0.15) is 0 Å². The number of hydrogen-bond donors (Lipinski definition) is 1. The summed E-state index contributed by atoms with van der Waals surface area (Å²) in [5.74, 6) is 1.04. The molecule has 0 aliphatic carbocycles. The molecule has 1 aliphatic rings. The standard InChI is InChI=1S/C18H27N3/c1-3-4-8-13-20-18(19-2)21-14-11-17(12-15-21)16-9-6-5-7-10-16/h5-7,9-11H,3-4,8,12-15H2,1-2H3,(H,19,20). The van der Waals surface area contributed by atoms with Gasteiger partial charge in [-0.1, -0.05) is 56.2 Å². The van der Waals surface area contributed by atoms with E-state index in [1.54, 1.807) is 0 Å². The maximum Gasteiger partial charge on any atom is 0.193 e. The Kier molecular flexibility index (Phi) is 6.32. The molecule has 1 aromatic carbocycles. The highest BCUT2D eigenvalue weighted by Gasteiger charge is 2.15. The predicted octanol–water partition coefficient (Wildman–Crippen LogP) is 3.54. The van der Waals surface area contributed by atoms with Crippen LogP contribution >= 0.6 is 0 Å². The van der Waals surface area contributed by atoms with Crippen molar-refractivity contribution in [1.82, 2.24) is 10.2 Å². The maximum atomic E-state index is 4.41. The molecule has 1 N–H and O–H groups in total. The molecule has 2 rings (SSSR count). The van der Waals surface area contributed by atoms with Crippen LogP contribution in [0.25, 0.3) is 5.57 Å². The van der Waals surface area contributed by atoms with Gasteiger partial charge >= 0.3 is 0 Å². The second kappa shape index (κ2) is 8.50. The third kappa shape index (κ3) is 4.62. The summed E-state index contributed by atoms with van der Waals surface area (Å²) in [5.41, 5.74) is 2.80. The molecule has 0 radical (unpaired) electrons. The van der Waals surface area contributed by atoms with E-state index in [2.05, 4.69) is 58.5 Å². The molecule has 0 saturated heterocycles. The number of guanidine groups is 1. The van der Waals surface area contributed by atoms with Gasteiger partial charge in [0, 0.05) is 26.7 Å². The highest BCUT2D eigenvalue weighted by Crippen LogP contribution is 2.21. The number of aliphatic imine (C=N–C) groups is 1. The molecule has 1 aromatic rings. The number of nitrogens with one attached hydrogen (secondary N) is 1. The van der Waals surface area contributed by atoms with Crippen LogP contribution in [-0.2, 0) is 0 Å². The minimum atomic E-state index is 0.942. The molecule has 0 aromatic heterocycles. The molecule has 3 nitrogen and oxygen atoms in total. The summed E-state index contributed by atoms with van der Waals surface area (Å²) < 4.78 is 0. The topological polar surface area (TPSA) is 27.6 Å². The van der Waals surface area contributed by atoms with Crippen LogP contribution in [0.3, 0.4) is 0 Å². The molecule has 0 fully saturated rings. The molecule has 3 heteroatoms. The van der Waals surface area contributed by atoms with Crippen LogP contribution in [0.5, 0.6) is 0 Å². The monoisotopic (exact) mass is 285 g/mol. The Hall–Kier alpha value is -1.77. The third-order valence-electron chi connectivity index (χ3n) is 3.93. The first-order valence-electron chi connectivity index (χ1n) is 8.05. The lowest BCUT2D eigenvalue weighted by Crippen LogP contribution is -2.43. The lowest BCUT2D eigenvalue weighted by Gasteiger charge is -2.29. The quantitative estimate of drug-likeness (QED) is 0.509. The van der Waals surface area contributed by atoms with Crippen molar-refractivity contribution in [3.05, 3.63) is 42.0 Å². The lowest BCUT2D eigenvalue weighted by atomic mass is 10.00. The van der Waals surface area contributed by atoms with Crippen molar-refractivity contribution in [2.24, 2.45) is 4.99 Å². The minimum Gasteiger partial charge on any atom is -0.356 e. The van der Waals surface area contributed by atoms with Crippen LogP contribution in [0.15, 0.2) is 41.4 Å². The van der Waals surface area contributed by atoms with Crippen molar-refractivity contribution in [2.45, 2.75) is 32.6 Å². The number of rotatable bonds is 5. The maximum absolute atomic E-state index is 4.41. The van der Waals surface area contributed by atoms with Gasteiger partial charge in [0.05, 0.1) is 0 Å². The average molecular weight is 285 g/mol. The SMILES string of the molecule is CCCCCNC(=NC)N1CC=C(c2ccccc2)CC1. The Morgan fingerprint density at radius 1 is 1.24 bits per heavy atom. The van der Waals surface area contributed by atoms with Gasteiger partial charge in [0.2, 0.25) is 0 Å². The molecule has 114 valence electrons. The molecule has 0 saturated carbocycles. The number of nitrogens with zero attached hydrogens (tertiary/aromatic N) is 2. The number of unbranched alkanes of at least 4 members (excludes halogenated alkanes) is 2. The molecule has 0 spiro atoms. The van der Waals surface area contributed by atoms with Gasteiger partial charge in [-0.05, 0) is 24.0 Å². The van der Waals surface area contributed by atoms with E-state index in [1.165, 1.54) is 30.4 Å². The molecule has 0 atom stereocenters. The van der Waals surface area contributed by atoms with E-state index in [-0.39, 0.29) is 0 Å². The first-order valence-corrected chi connectivity index (χ1v) is 8.05. The summed E-state index contributed by atoms with van der Waals surface area (Å²) in [5, 5.41) is 3.48. The normalized spacial score (nSPS) is 15.8. The summed E-state index contributed by atoms with van der Waals surface area (Å²) in [7, 11) is 1.87. The fourth-order valence-corrected chi connectivity index (χ4v) is 2.68. The van der Waals surface area contributed by atoms with Gasteiger partial charge in [-0.2, -0.15) is 0 Å². The summed E-state index contributed by atoms with van der Waals surface area (Å²) >= 11 is 0.